The lowest BCUT2D eigenvalue weighted by molar-refractivity contribution is -0.128. The number of rotatable bonds is 3. The molecule has 1 aromatic rings. The number of aromatic nitrogens is 2. The summed E-state index contributed by atoms with van der Waals surface area (Å²) in [4.78, 5) is 21.9. The Morgan fingerprint density at radius 1 is 1.48 bits per heavy atom. The Morgan fingerprint density at radius 2 is 2.14 bits per heavy atom. The molecular formula is C14H21FN4OS. The molecule has 116 valence electrons. The Kier molecular flexibility index (Phi) is 4.15. The number of hydrogen-bond donors (Lipinski definition) is 1. The molecule has 7 heteroatoms. The van der Waals surface area contributed by atoms with Gasteiger partial charge in [0.1, 0.15) is 5.82 Å². The van der Waals surface area contributed by atoms with E-state index in [9.17, 15) is 9.18 Å². The van der Waals surface area contributed by atoms with Crippen LogP contribution in [0.15, 0.2) is 11.2 Å². The largest absolute Gasteiger partial charge is 0.367 e. The van der Waals surface area contributed by atoms with Gasteiger partial charge < -0.3 is 10.6 Å². The number of carbonyl (C=O) groups excluding carboxylic acids is 1. The van der Waals surface area contributed by atoms with E-state index in [1.54, 1.807) is 4.90 Å². The molecule has 0 bridgehead atoms. The number of nitrogens with two attached hydrogens (primary N) is 1. The Morgan fingerprint density at radius 3 is 2.62 bits per heavy atom. The van der Waals surface area contributed by atoms with Crippen LogP contribution in [0.3, 0.4) is 0 Å². The predicted octanol–water partition coefficient (Wildman–Crippen LogP) is 1.90. The molecule has 2 rings (SSSR count). The minimum absolute atomic E-state index is 0.0449. The third-order valence-electron chi connectivity index (χ3n) is 3.63. The number of nitrogens with zero attached hydrogens (tertiary/aromatic N) is 3. The number of amides is 1. The zero-order valence-corrected chi connectivity index (χ0v) is 13.6. The average Bonchev–Trinajstić information content (AvgIpc) is 2.81. The molecule has 0 radical (unpaired) electrons. The molecule has 1 unspecified atom stereocenters. The number of primary amides is 1. The SMILES string of the molecule is CSc1nc(N2CCC(F)(C(N)=O)C2)cc(C(C)(C)C)n1. The summed E-state index contributed by atoms with van der Waals surface area (Å²) in [7, 11) is 0. The third kappa shape index (κ3) is 3.28. The summed E-state index contributed by atoms with van der Waals surface area (Å²) < 4.78 is 14.3. The van der Waals surface area contributed by atoms with Gasteiger partial charge in [0.25, 0.3) is 5.91 Å². The minimum atomic E-state index is -1.97. The van der Waals surface area contributed by atoms with Crippen LogP contribution in [0.4, 0.5) is 10.2 Å². The first-order valence-electron chi connectivity index (χ1n) is 6.83. The summed E-state index contributed by atoms with van der Waals surface area (Å²) in [6.07, 6.45) is 2.00. The van der Waals surface area contributed by atoms with E-state index in [-0.39, 0.29) is 18.4 Å². The van der Waals surface area contributed by atoms with Crippen molar-refractivity contribution >= 4 is 23.5 Å². The van der Waals surface area contributed by atoms with E-state index in [4.69, 9.17) is 5.73 Å². The van der Waals surface area contributed by atoms with Gasteiger partial charge in [0.15, 0.2) is 5.16 Å². The molecule has 1 aliphatic heterocycles. The van der Waals surface area contributed by atoms with Crippen molar-refractivity contribution in [3.8, 4) is 0 Å². The van der Waals surface area contributed by atoms with Gasteiger partial charge in [0.05, 0.1) is 12.2 Å². The van der Waals surface area contributed by atoms with Crippen LogP contribution in [0.2, 0.25) is 0 Å². The van der Waals surface area contributed by atoms with Crippen molar-refractivity contribution in [2.24, 2.45) is 5.73 Å². The molecule has 1 saturated heterocycles. The Balaban J connectivity index is 2.35. The van der Waals surface area contributed by atoms with E-state index in [0.717, 1.165) is 5.69 Å². The molecule has 1 fully saturated rings. The highest BCUT2D eigenvalue weighted by Crippen LogP contribution is 2.31. The monoisotopic (exact) mass is 312 g/mol. The fourth-order valence-electron chi connectivity index (χ4n) is 2.22. The van der Waals surface area contributed by atoms with Crippen LogP contribution in [0.25, 0.3) is 0 Å². The lowest BCUT2D eigenvalue weighted by atomic mass is 9.92. The van der Waals surface area contributed by atoms with E-state index in [2.05, 4.69) is 30.7 Å². The fraction of sp³-hybridized carbons (Fsp3) is 0.643. The van der Waals surface area contributed by atoms with Crippen molar-refractivity contribution in [2.45, 2.75) is 43.4 Å². The van der Waals surface area contributed by atoms with E-state index in [1.165, 1.54) is 11.8 Å². The second-order valence-corrected chi connectivity index (χ2v) is 7.12. The summed E-state index contributed by atoms with van der Waals surface area (Å²) in [5.41, 5.74) is 3.95. The van der Waals surface area contributed by atoms with Gasteiger partial charge in [-0.15, -0.1) is 0 Å². The van der Waals surface area contributed by atoms with Crippen LogP contribution in [0, 0.1) is 0 Å². The summed E-state index contributed by atoms with van der Waals surface area (Å²) in [5, 5.41) is 0.646. The molecular weight excluding hydrogens is 291 g/mol. The maximum atomic E-state index is 14.3. The number of hydrogen-bond acceptors (Lipinski definition) is 5. The van der Waals surface area contributed by atoms with Gasteiger partial charge >= 0.3 is 0 Å². The van der Waals surface area contributed by atoms with Crippen LogP contribution < -0.4 is 10.6 Å². The Hall–Kier alpha value is -1.37. The highest BCUT2D eigenvalue weighted by Gasteiger charge is 2.44. The van der Waals surface area contributed by atoms with Gasteiger partial charge in [-0.3, -0.25) is 4.79 Å². The predicted molar refractivity (Wildman–Crippen MR) is 82.4 cm³/mol. The van der Waals surface area contributed by atoms with E-state index >= 15 is 0 Å². The quantitative estimate of drug-likeness (QED) is 0.682. The van der Waals surface area contributed by atoms with E-state index in [0.29, 0.717) is 17.5 Å². The molecule has 5 nitrogen and oxygen atoms in total. The van der Waals surface area contributed by atoms with Gasteiger partial charge in [0, 0.05) is 24.4 Å². The highest BCUT2D eigenvalue weighted by molar-refractivity contribution is 7.98. The van der Waals surface area contributed by atoms with Crippen LogP contribution in [-0.2, 0) is 10.2 Å². The van der Waals surface area contributed by atoms with Crippen molar-refractivity contribution in [1.29, 1.82) is 0 Å². The van der Waals surface area contributed by atoms with Crippen LogP contribution in [-0.4, -0.2) is 40.9 Å². The van der Waals surface area contributed by atoms with Crippen molar-refractivity contribution < 1.29 is 9.18 Å². The van der Waals surface area contributed by atoms with E-state index in [1.807, 2.05) is 12.3 Å². The average molecular weight is 312 g/mol. The minimum Gasteiger partial charge on any atom is -0.367 e. The van der Waals surface area contributed by atoms with Crippen molar-refractivity contribution in [3.63, 3.8) is 0 Å². The molecule has 2 heterocycles. The zero-order chi connectivity index (χ0) is 15.8. The first-order valence-corrected chi connectivity index (χ1v) is 8.05. The smallest absolute Gasteiger partial charge is 0.257 e. The number of thioether (sulfide) groups is 1. The van der Waals surface area contributed by atoms with Crippen LogP contribution >= 0.6 is 11.8 Å². The molecule has 1 aliphatic rings. The van der Waals surface area contributed by atoms with Gasteiger partial charge in [-0.2, -0.15) is 0 Å². The molecule has 0 spiro atoms. The zero-order valence-electron chi connectivity index (χ0n) is 12.8. The molecule has 1 aromatic heterocycles. The van der Waals surface area contributed by atoms with Gasteiger partial charge in [-0.1, -0.05) is 32.5 Å². The first kappa shape index (κ1) is 16.0. The normalized spacial score (nSPS) is 22.6. The van der Waals surface area contributed by atoms with Gasteiger partial charge in [-0.05, 0) is 6.26 Å². The van der Waals surface area contributed by atoms with E-state index < -0.39 is 11.6 Å². The molecule has 0 saturated carbocycles. The maximum absolute atomic E-state index is 14.3. The molecule has 0 aliphatic carbocycles. The second-order valence-electron chi connectivity index (χ2n) is 6.35. The molecule has 21 heavy (non-hydrogen) atoms. The number of carbonyl (C=O) groups is 1. The number of anilines is 1. The molecule has 2 N–H and O–H groups in total. The van der Waals surface area contributed by atoms with Gasteiger partial charge in [0.2, 0.25) is 5.67 Å². The first-order chi connectivity index (χ1) is 9.65. The fourth-order valence-corrected chi connectivity index (χ4v) is 2.59. The summed E-state index contributed by atoms with van der Waals surface area (Å²) >= 11 is 1.44. The maximum Gasteiger partial charge on any atom is 0.257 e. The Bertz CT molecular complexity index is 560. The molecule has 1 atom stereocenters. The standard InChI is InChI=1S/C14H21FN4OS/c1-13(2,3)9-7-10(18-12(17-9)21-4)19-6-5-14(15,8-19)11(16)20/h7H,5-6,8H2,1-4H3,(H2,16,20). The number of halogens is 1. The summed E-state index contributed by atoms with van der Waals surface area (Å²) in [6.45, 7) is 6.58. The highest BCUT2D eigenvalue weighted by atomic mass is 32.2. The summed E-state index contributed by atoms with van der Waals surface area (Å²) in [6, 6.07) is 1.87. The topological polar surface area (TPSA) is 72.1 Å². The summed E-state index contributed by atoms with van der Waals surface area (Å²) in [5.74, 6) is -0.250. The van der Waals surface area contributed by atoms with Crippen molar-refractivity contribution in [3.05, 3.63) is 11.8 Å². The van der Waals surface area contributed by atoms with Crippen molar-refractivity contribution in [2.75, 3.05) is 24.2 Å². The lowest BCUT2D eigenvalue weighted by Crippen LogP contribution is -2.42. The Labute approximate surface area is 128 Å². The van der Waals surface area contributed by atoms with Crippen LogP contribution in [0.1, 0.15) is 32.9 Å². The second kappa shape index (κ2) is 5.44. The van der Waals surface area contributed by atoms with Gasteiger partial charge in [-0.25, -0.2) is 14.4 Å². The number of alkyl halides is 1. The lowest BCUT2D eigenvalue weighted by Gasteiger charge is -2.23. The molecule has 0 aromatic carbocycles. The van der Waals surface area contributed by atoms with Crippen molar-refractivity contribution in [1.82, 2.24) is 9.97 Å². The third-order valence-corrected chi connectivity index (χ3v) is 4.18. The molecule has 1 amide bonds. The van der Waals surface area contributed by atoms with Crippen LogP contribution in [0.5, 0.6) is 0 Å².